The van der Waals surface area contributed by atoms with Crippen molar-refractivity contribution in [3.63, 3.8) is 0 Å². The van der Waals surface area contributed by atoms with Crippen molar-refractivity contribution in [3.8, 4) is 0 Å². The Hall–Kier alpha value is -1.68. The van der Waals surface area contributed by atoms with Gasteiger partial charge in [-0.25, -0.2) is 4.39 Å². The molecule has 1 aliphatic rings. The number of hydrogen-bond donors (Lipinski definition) is 1. The predicted molar refractivity (Wildman–Crippen MR) is 78.6 cm³/mol. The average Bonchev–Trinajstić information content (AvgIpc) is 2.43. The van der Waals surface area contributed by atoms with Gasteiger partial charge < -0.3 is 10.1 Å². The molecule has 1 aliphatic heterocycles. The fraction of sp³-hybridized carbons (Fsp3) is 0.438. The predicted octanol–water partition coefficient (Wildman–Crippen LogP) is 3.58. The van der Waals surface area contributed by atoms with E-state index in [1.54, 1.807) is 6.07 Å². The van der Waals surface area contributed by atoms with E-state index < -0.39 is 0 Å². The molecule has 0 spiro atoms. The Kier molecular flexibility index (Phi) is 3.57. The smallest absolute Gasteiger partial charge is 0.125 e. The number of nitrogens with zero attached hydrogens (tertiary/aromatic N) is 1. The van der Waals surface area contributed by atoms with Gasteiger partial charge in [0.1, 0.15) is 5.82 Å². The zero-order valence-corrected chi connectivity index (χ0v) is 11.9. The summed E-state index contributed by atoms with van der Waals surface area (Å²) >= 11 is 0. The highest BCUT2D eigenvalue weighted by atomic mass is 19.1. The van der Waals surface area contributed by atoms with Crippen LogP contribution in [0.15, 0.2) is 12.1 Å². The largest absolute Gasteiger partial charge is 0.384 e. The van der Waals surface area contributed by atoms with Crippen LogP contribution < -0.4 is 5.32 Å². The minimum absolute atomic E-state index is 0.226. The van der Waals surface area contributed by atoms with Crippen LogP contribution in [-0.4, -0.2) is 18.1 Å². The van der Waals surface area contributed by atoms with E-state index in [1.807, 2.05) is 6.92 Å². The van der Waals surface area contributed by atoms with Gasteiger partial charge in [-0.1, -0.05) is 6.92 Å². The Morgan fingerprint density at radius 1 is 1.40 bits per heavy atom. The molecule has 0 unspecified atom stereocenters. The summed E-state index contributed by atoms with van der Waals surface area (Å²) in [6, 6.07) is 3.09. The first kappa shape index (κ1) is 13.3. The fourth-order valence-corrected chi connectivity index (χ4v) is 2.80. The van der Waals surface area contributed by atoms with Crippen molar-refractivity contribution >= 4 is 16.6 Å². The SMILES string of the molecule is CCCNc1c2c(nc3cc(F)cc(C)c13)CCOC2. The highest BCUT2D eigenvalue weighted by molar-refractivity contribution is 5.96. The summed E-state index contributed by atoms with van der Waals surface area (Å²) in [6.07, 6.45) is 1.83. The number of aryl methyl sites for hydroxylation is 1. The summed E-state index contributed by atoms with van der Waals surface area (Å²) in [5, 5.41) is 4.50. The first-order valence-corrected chi connectivity index (χ1v) is 7.14. The first-order valence-electron chi connectivity index (χ1n) is 7.14. The maximum atomic E-state index is 13.6. The van der Waals surface area contributed by atoms with Crippen LogP contribution in [0.5, 0.6) is 0 Å². The molecule has 3 nitrogen and oxygen atoms in total. The molecule has 0 saturated carbocycles. The van der Waals surface area contributed by atoms with E-state index in [2.05, 4.69) is 17.2 Å². The highest BCUT2D eigenvalue weighted by Crippen LogP contribution is 2.34. The number of anilines is 1. The molecule has 1 aromatic carbocycles. The summed E-state index contributed by atoms with van der Waals surface area (Å²) < 4.78 is 19.2. The lowest BCUT2D eigenvalue weighted by Crippen LogP contribution is -2.16. The Bertz CT molecular complexity index is 655. The lowest BCUT2D eigenvalue weighted by Gasteiger charge is -2.22. The summed E-state index contributed by atoms with van der Waals surface area (Å²) in [6.45, 7) is 6.22. The molecule has 1 aromatic heterocycles. The summed E-state index contributed by atoms with van der Waals surface area (Å²) in [5.74, 6) is -0.226. The van der Waals surface area contributed by atoms with Crippen molar-refractivity contribution in [1.82, 2.24) is 4.98 Å². The van der Waals surface area contributed by atoms with Gasteiger partial charge in [-0.15, -0.1) is 0 Å². The van der Waals surface area contributed by atoms with Gasteiger partial charge in [-0.2, -0.15) is 0 Å². The summed E-state index contributed by atoms with van der Waals surface area (Å²) in [5.41, 5.74) is 4.89. The average molecular weight is 274 g/mol. The molecule has 0 bridgehead atoms. The fourth-order valence-electron chi connectivity index (χ4n) is 2.80. The van der Waals surface area contributed by atoms with Gasteiger partial charge in [0.25, 0.3) is 0 Å². The van der Waals surface area contributed by atoms with Crippen LogP contribution in [-0.2, 0) is 17.8 Å². The van der Waals surface area contributed by atoms with E-state index in [9.17, 15) is 4.39 Å². The van der Waals surface area contributed by atoms with Crippen LogP contribution in [0.4, 0.5) is 10.1 Å². The van der Waals surface area contributed by atoms with E-state index in [4.69, 9.17) is 4.74 Å². The second-order valence-electron chi connectivity index (χ2n) is 5.26. The first-order chi connectivity index (χ1) is 9.70. The number of halogens is 1. The van der Waals surface area contributed by atoms with Crippen LogP contribution in [0.2, 0.25) is 0 Å². The molecule has 0 fully saturated rings. The Morgan fingerprint density at radius 3 is 3.05 bits per heavy atom. The number of aromatic nitrogens is 1. The number of rotatable bonds is 3. The normalized spacial score (nSPS) is 14.3. The molecule has 20 heavy (non-hydrogen) atoms. The molecular weight excluding hydrogens is 255 g/mol. The van der Waals surface area contributed by atoms with E-state index in [0.717, 1.165) is 52.8 Å². The van der Waals surface area contributed by atoms with Gasteiger partial charge in [-0.05, 0) is 25.0 Å². The van der Waals surface area contributed by atoms with Gasteiger partial charge in [-0.3, -0.25) is 4.98 Å². The molecule has 0 radical (unpaired) electrons. The van der Waals surface area contributed by atoms with Crippen LogP contribution in [0, 0.1) is 12.7 Å². The molecule has 0 saturated heterocycles. The monoisotopic (exact) mass is 274 g/mol. The number of hydrogen-bond acceptors (Lipinski definition) is 3. The van der Waals surface area contributed by atoms with Crippen molar-refractivity contribution in [1.29, 1.82) is 0 Å². The molecule has 0 atom stereocenters. The molecule has 1 N–H and O–H groups in total. The van der Waals surface area contributed by atoms with Gasteiger partial charge >= 0.3 is 0 Å². The molecule has 2 aromatic rings. The van der Waals surface area contributed by atoms with Gasteiger partial charge in [0, 0.05) is 30.0 Å². The highest BCUT2D eigenvalue weighted by Gasteiger charge is 2.19. The number of nitrogens with one attached hydrogen (secondary N) is 1. The van der Waals surface area contributed by atoms with Gasteiger partial charge in [0.15, 0.2) is 0 Å². The lowest BCUT2D eigenvalue weighted by molar-refractivity contribution is 0.110. The third-order valence-electron chi connectivity index (χ3n) is 3.72. The van der Waals surface area contributed by atoms with Crippen LogP contribution in [0.3, 0.4) is 0 Å². The second kappa shape index (κ2) is 5.37. The third-order valence-corrected chi connectivity index (χ3v) is 3.72. The third kappa shape index (κ3) is 2.24. The molecule has 0 amide bonds. The molecule has 3 rings (SSSR count). The molecule has 0 aliphatic carbocycles. The summed E-state index contributed by atoms with van der Waals surface area (Å²) in [7, 11) is 0. The molecular formula is C16H19FN2O. The molecule has 4 heteroatoms. The van der Waals surface area contributed by atoms with E-state index >= 15 is 0 Å². The van der Waals surface area contributed by atoms with Crippen molar-refractivity contribution in [2.24, 2.45) is 0 Å². The topological polar surface area (TPSA) is 34.2 Å². The quantitative estimate of drug-likeness (QED) is 0.929. The van der Waals surface area contributed by atoms with E-state index in [-0.39, 0.29) is 5.82 Å². The zero-order chi connectivity index (χ0) is 14.1. The molecule has 106 valence electrons. The number of pyridine rings is 1. The Morgan fingerprint density at radius 2 is 2.25 bits per heavy atom. The maximum Gasteiger partial charge on any atom is 0.125 e. The van der Waals surface area contributed by atoms with Crippen LogP contribution in [0.25, 0.3) is 10.9 Å². The minimum atomic E-state index is -0.226. The number of ether oxygens (including phenoxy) is 1. The van der Waals surface area contributed by atoms with E-state index in [1.165, 1.54) is 6.07 Å². The van der Waals surface area contributed by atoms with Gasteiger partial charge in [0.2, 0.25) is 0 Å². The lowest BCUT2D eigenvalue weighted by atomic mass is 9.99. The van der Waals surface area contributed by atoms with E-state index in [0.29, 0.717) is 13.2 Å². The maximum absolute atomic E-state index is 13.6. The minimum Gasteiger partial charge on any atom is -0.384 e. The second-order valence-corrected chi connectivity index (χ2v) is 5.26. The summed E-state index contributed by atoms with van der Waals surface area (Å²) in [4.78, 5) is 4.65. The van der Waals surface area contributed by atoms with Gasteiger partial charge in [0.05, 0.1) is 30.1 Å². The van der Waals surface area contributed by atoms with Crippen LogP contribution in [0.1, 0.15) is 30.2 Å². The Balaban J connectivity index is 2.27. The van der Waals surface area contributed by atoms with Crippen molar-refractivity contribution in [2.45, 2.75) is 33.3 Å². The van der Waals surface area contributed by atoms with Crippen molar-refractivity contribution in [2.75, 3.05) is 18.5 Å². The van der Waals surface area contributed by atoms with Crippen molar-refractivity contribution < 1.29 is 9.13 Å². The number of benzene rings is 1. The van der Waals surface area contributed by atoms with Crippen molar-refractivity contribution in [3.05, 3.63) is 34.8 Å². The Labute approximate surface area is 118 Å². The van der Waals surface area contributed by atoms with Crippen LogP contribution >= 0.6 is 0 Å². The molecule has 2 heterocycles. The number of fused-ring (bicyclic) bond motifs is 2. The zero-order valence-electron chi connectivity index (χ0n) is 11.9. The standard InChI is InChI=1S/C16H19FN2O/c1-3-5-18-16-12-9-20-6-4-13(12)19-14-8-11(17)7-10(2)15(14)16/h7-8H,3-6,9H2,1-2H3,(H,18,19).